The molecular weight excluding hydrogens is 612 g/mol. The molecule has 12 N–H and O–H groups in total. The molecule has 22 nitrogen and oxygen atoms in total. The number of rotatable bonds is 19. The Bertz CT molecular complexity index is 1160. The van der Waals surface area contributed by atoms with Gasteiger partial charge in [0.15, 0.2) is 0 Å². The lowest BCUT2D eigenvalue weighted by atomic mass is 10.1. The molecule has 45 heavy (non-hydrogen) atoms. The number of nitrogens with zero attached hydrogens (tertiary/aromatic N) is 1. The number of nitrogens with two attached hydrogens (primary N) is 1. The molecule has 0 heterocycles. The van der Waals surface area contributed by atoms with Gasteiger partial charge in [0.2, 0.25) is 35.4 Å². The van der Waals surface area contributed by atoms with E-state index in [4.69, 9.17) is 21.1 Å². The van der Waals surface area contributed by atoms with Crippen molar-refractivity contribution in [3.63, 3.8) is 0 Å². The van der Waals surface area contributed by atoms with Crippen molar-refractivity contribution in [1.29, 1.82) is 0 Å². The van der Waals surface area contributed by atoms with E-state index < -0.39 is 129 Å². The first kappa shape index (κ1) is 39.6. The van der Waals surface area contributed by atoms with Gasteiger partial charge in [0.1, 0.15) is 18.1 Å². The number of hydrogen-bond acceptors (Lipinski definition) is 12. The third-order valence-electron chi connectivity index (χ3n) is 5.38. The van der Waals surface area contributed by atoms with E-state index in [0.29, 0.717) is 0 Å². The maximum absolute atomic E-state index is 12.6. The molecule has 0 rings (SSSR count). The van der Waals surface area contributed by atoms with Crippen LogP contribution in [0.1, 0.15) is 26.7 Å². The Morgan fingerprint density at radius 2 is 1.24 bits per heavy atom. The van der Waals surface area contributed by atoms with Crippen molar-refractivity contribution in [3.05, 3.63) is 0 Å². The van der Waals surface area contributed by atoms with Crippen LogP contribution in [0.4, 0.5) is 4.79 Å². The summed E-state index contributed by atoms with van der Waals surface area (Å²) in [5.41, 5.74) is 5.33. The number of carboxylic acids is 2. The molecule has 0 aliphatic heterocycles. The van der Waals surface area contributed by atoms with Crippen molar-refractivity contribution in [3.8, 4) is 0 Å². The molecule has 0 aliphatic rings. The van der Waals surface area contributed by atoms with Gasteiger partial charge in [0.05, 0.1) is 45.1 Å². The van der Waals surface area contributed by atoms with Crippen LogP contribution in [0.25, 0.3) is 0 Å². The van der Waals surface area contributed by atoms with Gasteiger partial charge in [-0.25, -0.2) is 9.69 Å². The first-order valence-electron chi connectivity index (χ1n) is 12.9. The van der Waals surface area contributed by atoms with E-state index in [1.165, 1.54) is 6.92 Å². The van der Waals surface area contributed by atoms with Crippen LogP contribution in [0.3, 0.4) is 0 Å². The molecule has 0 aromatic rings. The molecule has 0 fully saturated rings. The molecule has 22 heteroatoms. The summed E-state index contributed by atoms with van der Waals surface area (Å²) in [4.78, 5) is 118. The molecule has 4 atom stereocenters. The van der Waals surface area contributed by atoms with Crippen molar-refractivity contribution < 1.29 is 68.4 Å². The monoisotopic (exact) mass is 648 g/mol. The predicted molar refractivity (Wildman–Crippen MR) is 145 cm³/mol. The maximum Gasteiger partial charge on any atom is 0.414 e. The largest absolute Gasteiger partial charge is 0.481 e. The summed E-state index contributed by atoms with van der Waals surface area (Å²) in [6.45, 7) is -1.43. The summed E-state index contributed by atoms with van der Waals surface area (Å²) in [5.74, 6) is -9.95. The summed E-state index contributed by atoms with van der Waals surface area (Å²) >= 11 is 0. The maximum atomic E-state index is 12.6. The summed E-state index contributed by atoms with van der Waals surface area (Å²) < 4.78 is 0. The number of imide groups is 1. The Labute approximate surface area is 254 Å². The van der Waals surface area contributed by atoms with E-state index in [2.05, 4.69) is 21.3 Å². The number of carbonyl (C=O) groups is 10. The minimum absolute atomic E-state index is 0.141. The number of aliphatic carboxylic acids is 2. The number of aliphatic hydroxyl groups is 1. The number of nitrogens with one attached hydrogen (secondary N) is 6. The van der Waals surface area contributed by atoms with Crippen LogP contribution in [0.15, 0.2) is 0 Å². The number of aliphatic hydroxyl groups excluding tert-OH is 1. The highest BCUT2D eigenvalue weighted by Crippen LogP contribution is 1.98. The smallest absolute Gasteiger partial charge is 0.414 e. The lowest BCUT2D eigenvalue weighted by Crippen LogP contribution is -2.57. The van der Waals surface area contributed by atoms with Gasteiger partial charge in [-0.05, 0) is 13.8 Å². The molecule has 8 amide bonds. The Morgan fingerprint density at radius 1 is 0.667 bits per heavy atom. The van der Waals surface area contributed by atoms with Crippen LogP contribution in [-0.2, 0) is 43.2 Å². The molecule has 0 saturated heterocycles. The van der Waals surface area contributed by atoms with Crippen LogP contribution < -0.4 is 37.6 Å². The number of hydrogen-bond donors (Lipinski definition) is 11. The average Bonchev–Trinajstić information content (AvgIpc) is 2.94. The van der Waals surface area contributed by atoms with Crippen molar-refractivity contribution in [2.75, 3.05) is 32.8 Å². The molecule has 252 valence electrons. The van der Waals surface area contributed by atoms with Crippen molar-refractivity contribution >= 4 is 59.4 Å². The van der Waals surface area contributed by atoms with E-state index in [9.17, 15) is 53.1 Å². The van der Waals surface area contributed by atoms with E-state index >= 15 is 0 Å². The molecule has 0 bridgehead atoms. The van der Waals surface area contributed by atoms with E-state index in [1.54, 1.807) is 0 Å². The minimum Gasteiger partial charge on any atom is -0.481 e. The van der Waals surface area contributed by atoms with Crippen LogP contribution in [0, 0.1) is 0 Å². The Kier molecular flexibility index (Phi) is 17.4. The Morgan fingerprint density at radius 3 is 1.76 bits per heavy atom. The van der Waals surface area contributed by atoms with Crippen LogP contribution in [-0.4, -0.2) is 142 Å². The minimum atomic E-state index is -1.78. The van der Waals surface area contributed by atoms with Gasteiger partial charge in [-0.2, -0.15) is 0 Å². The summed E-state index contributed by atoms with van der Waals surface area (Å²) in [6, 6.07) is -5.82. The van der Waals surface area contributed by atoms with E-state index in [1.807, 2.05) is 10.6 Å². The second kappa shape index (κ2) is 19.7. The van der Waals surface area contributed by atoms with Crippen molar-refractivity contribution in [2.45, 2.75) is 50.9 Å². The molecule has 4 unspecified atom stereocenters. The third kappa shape index (κ3) is 16.2. The zero-order valence-electron chi connectivity index (χ0n) is 24.2. The third-order valence-corrected chi connectivity index (χ3v) is 5.38. The average molecular weight is 649 g/mol. The Balaban J connectivity index is 5.08. The summed E-state index contributed by atoms with van der Waals surface area (Å²) in [7, 11) is 0. The number of carbonyl (C=O) groups excluding carboxylic acids is 7. The van der Waals surface area contributed by atoms with Gasteiger partial charge < -0.3 is 58.1 Å². The second-order valence-corrected chi connectivity index (χ2v) is 9.16. The lowest BCUT2D eigenvalue weighted by molar-refractivity contribution is -0.141. The van der Waals surface area contributed by atoms with Gasteiger partial charge in [0, 0.05) is 6.54 Å². The van der Waals surface area contributed by atoms with Gasteiger partial charge in [0.25, 0.3) is 5.91 Å². The van der Waals surface area contributed by atoms with Crippen LogP contribution in [0.5, 0.6) is 0 Å². The van der Waals surface area contributed by atoms with Crippen LogP contribution >= 0.6 is 0 Å². The highest BCUT2D eigenvalue weighted by molar-refractivity contribution is 5.98. The van der Waals surface area contributed by atoms with Gasteiger partial charge in [-0.1, -0.05) is 0 Å². The fourth-order valence-electron chi connectivity index (χ4n) is 2.99. The molecule has 0 aromatic heterocycles. The molecule has 0 spiro atoms. The highest BCUT2D eigenvalue weighted by Gasteiger charge is 2.29. The number of amides is 8. The first-order chi connectivity index (χ1) is 20.9. The second-order valence-electron chi connectivity index (χ2n) is 9.16. The van der Waals surface area contributed by atoms with E-state index in [0.717, 1.165) is 6.92 Å². The Hall–Kier alpha value is -5.38. The molecular formula is C23H36N8O14. The van der Waals surface area contributed by atoms with Gasteiger partial charge in [-0.3, -0.25) is 43.2 Å². The SMILES string of the molecule is CC(N)C(=O)NCC(=O)NCC(=O)NC(CC(=O)O)C(=O)NC(C)C(=O)NC(CO)C(=O)NCC(=O)N(CCC(=O)O)C(=O)O. The topological polar surface area (TPSA) is 353 Å². The standard InChI is InChI=1S/C23H36N8O14/c1-10(24)19(40)26-6-14(33)25-7-15(34)29-12(5-18(38)39)22(43)28-11(2)20(41)30-13(9-32)21(42)27-8-16(35)31(23(44)45)4-3-17(36)37/h10-13,32H,3-9,24H2,1-2H3,(H,25,33)(H,26,40)(H,27,42)(H,28,43)(H,29,34)(H,30,41)(H,36,37)(H,38,39)(H,44,45). The number of carboxylic acid groups (broad SMARTS) is 3. The highest BCUT2D eigenvalue weighted by atomic mass is 16.4. The lowest BCUT2D eigenvalue weighted by Gasteiger charge is -2.22. The quantitative estimate of drug-likeness (QED) is 0.0620. The van der Waals surface area contributed by atoms with Gasteiger partial charge >= 0.3 is 18.0 Å². The molecule has 0 aliphatic carbocycles. The molecule has 0 saturated carbocycles. The molecule has 0 aromatic carbocycles. The van der Waals surface area contributed by atoms with E-state index in [-0.39, 0.29) is 4.90 Å². The first-order valence-corrected chi connectivity index (χ1v) is 12.9. The predicted octanol–water partition coefficient (Wildman–Crippen LogP) is -6.40. The van der Waals surface area contributed by atoms with Crippen LogP contribution in [0.2, 0.25) is 0 Å². The van der Waals surface area contributed by atoms with Crippen molar-refractivity contribution in [1.82, 2.24) is 36.8 Å². The zero-order chi connectivity index (χ0) is 34.9. The zero-order valence-corrected chi connectivity index (χ0v) is 24.2. The molecule has 0 radical (unpaired) electrons. The normalized spacial score (nSPS) is 13.0. The summed E-state index contributed by atoms with van der Waals surface area (Å²) in [6.07, 6.45) is -3.42. The summed E-state index contributed by atoms with van der Waals surface area (Å²) in [5, 5.41) is 48.8. The fourth-order valence-corrected chi connectivity index (χ4v) is 2.99. The van der Waals surface area contributed by atoms with Gasteiger partial charge in [-0.15, -0.1) is 0 Å². The van der Waals surface area contributed by atoms with Crippen molar-refractivity contribution in [2.24, 2.45) is 5.73 Å². The fraction of sp³-hybridized carbons (Fsp3) is 0.565.